The molecule has 1 fully saturated rings. The number of anilines is 2. The van der Waals surface area contributed by atoms with Crippen LogP contribution in [0, 0.1) is 11.8 Å². The Labute approximate surface area is 116 Å². The number of imide groups is 1. The quantitative estimate of drug-likeness (QED) is 0.634. The molecule has 0 aliphatic carbocycles. The molecule has 0 bridgehead atoms. The molecule has 1 aliphatic rings. The van der Waals surface area contributed by atoms with Crippen molar-refractivity contribution in [1.29, 1.82) is 0 Å². The van der Waals surface area contributed by atoms with Gasteiger partial charge in [-0.1, -0.05) is 13.8 Å². The highest BCUT2D eigenvalue weighted by Crippen LogP contribution is 2.35. The van der Waals surface area contributed by atoms with Gasteiger partial charge in [0.2, 0.25) is 11.8 Å². The molecular formula is C15H15N3O2. The molecule has 102 valence electrons. The number of fused-ring (bicyclic) bond motifs is 1. The van der Waals surface area contributed by atoms with Crippen molar-refractivity contribution in [2.75, 3.05) is 10.6 Å². The highest BCUT2D eigenvalue weighted by Gasteiger charge is 2.43. The van der Waals surface area contributed by atoms with Crippen LogP contribution in [-0.4, -0.2) is 16.8 Å². The van der Waals surface area contributed by atoms with Gasteiger partial charge in [0.05, 0.1) is 16.9 Å². The Kier molecular flexibility index (Phi) is 2.71. The van der Waals surface area contributed by atoms with Gasteiger partial charge < -0.3 is 5.73 Å². The van der Waals surface area contributed by atoms with Crippen LogP contribution in [-0.2, 0) is 9.59 Å². The molecule has 3 rings (SSSR count). The van der Waals surface area contributed by atoms with Crippen LogP contribution in [0.4, 0.5) is 11.4 Å². The number of amides is 2. The molecule has 2 aromatic rings. The maximum atomic E-state index is 12.3. The van der Waals surface area contributed by atoms with Crippen LogP contribution >= 0.6 is 0 Å². The normalized spacial score (nSPS) is 22.8. The van der Waals surface area contributed by atoms with Gasteiger partial charge in [-0.25, -0.2) is 4.90 Å². The third kappa shape index (κ3) is 1.59. The van der Waals surface area contributed by atoms with Gasteiger partial charge in [-0.05, 0) is 24.3 Å². The zero-order valence-corrected chi connectivity index (χ0v) is 11.3. The van der Waals surface area contributed by atoms with E-state index in [1.807, 2.05) is 6.07 Å². The minimum absolute atomic E-state index is 0.169. The van der Waals surface area contributed by atoms with Crippen LogP contribution in [0.5, 0.6) is 0 Å². The fourth-order valence-corrected chi connectivity index (χ4v) is 2.56. The predicted molar refractivity (Wildman–Crippen MR) is 77.0 cm³/mol. The molecule has 0 saturated carbocycles. The Bertz CT molecular complexity index is 706. The van der Waals surface area contributed by atoms with Crippen LogP contribution in [0.2, 0.25) is 0 Å². The highest BCUT2D eigenvalue weighted by atomic mass is 16.2. The van der Waals surface area contributed by atoms with Crippen molar-refractivity contribution in [2.24, 2.45) is 11.8 Å². The first-order valence-electron chi connectivity index (χ1n) is 6.53. The second-order valence-corrected chi connectivity index (χ2v) is 5.16. The lowest BCUT2D eigenvalue weighted by atomic mass is 10.00. The number of carbonyl (C=O) groups excluding carboxylic acids is 2. The molecule has 0 spiro atoms. The molecule has 2 N–H and O–H groups in total. The molecule has 2 atom stereocenters. The topological polar surface area (TPSA) is 76.3 Å². The summed E-state index contributed by atoms with van der Waals surface area (Å²) in [6.45, 7) is 3.56. The monoisotopic (exact) mass is 269 g/mol. The molecular weight excluding hydrogens is 254 g/mol. The van der Waals surface area contributed by atoms with Crippen molar-refractivity contribution in [3.05, 3.63) is 30.5 Å². The molecule has 2 unspecified atom stereocenters. The maximum absolute atomic E-state index is 12.3. The van der Waals surface area contributed by atoms with Gasteiger partial charge >= 0.3 is 0 Å². The van der Waals surface area contributed by atoms with E-state index in [1.54, 1.807) is 38.2 Å². The number of nitrogens with two attached hydrogens (primary N) is 1. The SMILES string of the molecule is CC1C(=O)N(c2ccc(N)c3ncccc23)C(=O)C1C. The highest BCUT2D eigenvalue weighted by molar-refractivity contribution is 6.25. The van der Waals surface area contributed by atoms with Gasteiger partial charge in [0.1, 0.15) is 0 Å². The summed E-state index contributed by atoms with van der Waals surface area (Å²) >= 11 is 0. The predicted octanol–water partition coefficient (Wildman–Crippen LogP) is 1.96. The summed E-state index contributed by atoms with van der Waals surface area (Å²) in [5.74, 6) is -0.937. The molecule has 1 aliphatic heterocycles. The van der Waals surface area contributed by atoms with Crippen LogP contribution in [0.25, 0.3) is 10.9 Å². The van der Waals surface area contributed by atoms with Crippen LogP contribution in [0.15, 0.2) is 30.5 Å². The van der Waals surface area contributed by atoms with Crippen molar-refractivity contribution in [2.45, 2.75) is 13.8 Å². The van der Waals surface area contributed by atoms with Crippen molar-refractivity contribution in [1.82, 2.24) is 4.98 Å². The smallest absolute Gasteiger partial charge is 0.237 e. The Morgan fingerprint density at radius 3 is 2.40 bits per heavy atom. The minimum atomic E-state index is -0.299. The van der Waals surface area contributed by atoms with Gasteiger partial charge in [-0.2, -0.15) is 0 Å². The first-order valence-corrected chi connectivity index (χ1v) is 6.53. The van der Waals surface area contributed by atoms with E-state index in [-0.39, 0.29) is 23.7 Å². The number of nitrogen functional groups attached to an aromatic ring is 1. The molecule has 1 aromatic carbocycles. The average molecular weight is 269 g/mol. The second-order valence-electron chi connectivity index (χ2n) is 5.16. The summed E-state index contributed by atoms with van der Waals surface area (Å²) in [6.07, 6.45) is 1.64. The molecule has 1 aromatic heterocycles. The Balaban J connectivity index is 2.24. The summed E-state index contributed by atoms with van der Waals surface area (Å²) in [7, 11) is 0. The Morgan fingerprint density at radius 2 is 1.75 bits per heavy atom. The summed E-state index contributed by atoms with van der Waals surface area (Å²) in [5.41, 5.74) is 7.60. The van der Waals surface area contributed by atoms with Gasteiger partial charge in [-0.15, -0.1) is 0 Å². The van der Waals surface area contributed by atoms with E-state index in [0.717, 1.165) is 5.39 Å². The average Bonchev–Trinajstić information content (AvgIpc) is 2.65. The van der Waals surface area contributed by atoms with Gasteiger partial charge in [0, 0.05) is 23.4 Å². The summed E-state index contributed by atoms with van der Waals surface area (Å²) in [6, 6.07) is 6.98. The van der Waals surface area contributed by atoms with Gasteiger partial charge in [0.25, 0.3) is 0 Å². The number of benzene rings is 1. The van der Waals surface area contributed by atoms with E-state index >= 15 is 0 Å². The van der Waals surface area contributed by atoms with E-state index in [0.29, 0.717) is 16.9 Å². The van der Waals surface area contributed by atoms with Crippen molar-refractivity contribution in [3.63, 3.8) is 0 Å². The number of rotatable bonds is 1. The van der Waals surface area contributed by atoms with E-state index in [4.69, 9.17) is 5.73 Å². The van der Waals surface area contributed by atoms with Gasteiger partial charge in [-0.3, -0.25) is 14.6 Å². The van der Waals surface area contributed by atoms with Crippen LogP contribution in [0.1, 0.15) is 13.8 Å². The Hall–Kier alpha value is -2.43. The lowest BCUT2D eigenvalue weighted by molar-refractivity contribution is -0.122. The van der Waals surface area contributed by atoms with E-state index < -0.39 is 0 Å². The molecule has 20 heavy (non-hydrogen) atoms. The van der Waals surface area contributed by atoms with E-state index in [1.165, 1.54) is 4.90 Å². The molecule has 2 amide bonds. The zero-order valence-electron chi connectivity index (χ0n) is 11.3. The molecule has 1 saturated heterocycles. The number of pyridine rings is 1. The lowest BCUT2D eigenvalue weighted by Crippen LogP contribution is -2.30. The number of carbonyl (C=O) groups is 2. The first kappa shape index (κ1) is 12.6. The zero-order chi connectivity index (χ0) is 14.4. The molecule has 5 nitrogen and oxygen atoms in total. The lowest BCUT2D eigenvalue weighted by Gasteiger charge is -2.17. The fraction of sp³-hybridized carbons (Fsp3) is 0.267. The second kappa shape index (κ2) is 4.30. The summed E-state index contributed by atoms with van der Waals surface area (Å²) in [4.78, 5) is 30.1. The minimum Gasteiger partial charge on any atom is -0.397 e. The third-order valence-corrected chi connectivity index (χ3v) is 3.99. The maximum Gasteiger partial charge on any atom is 0.237 e. The number of nitrogens with zero attached hydrogens (tertiary/aromatic N) is 2. The standard InChI is InChI=1S/C15H15N3O2/c1-8-9(2)15(20)18(14(8)19)12-6-5-11(16)13-10(12)4-3-7-17-13/h3-9H,16H2,1-2H3. The van der Waals surface area contributed by atoms with E-state index in [2.05, 4.69) is 4.98 Å². The van der Waals surface area contributed by atoms with E-state index in [9.17, 15) is 9.59 Å². The summed E-state index contributed by atoms with van der Waals surface area (Å²) in [5, 5.41) is 0.718. The van der Waals surface area contributed by atoms with Crippen LogP contribution < -0.4 is 10.6 Å². The Morgan fingerprint density at radius 1 is 1.10 bits per heavy atom. The fourth-order valence-electron chi connectivity index (χ4n) is 2.56. The molecule has 0 radical (unpaired) electrons. The largest absolute Gasteiger partial charge is 0.397 e. The summed E-state index contributed by atoms with van der Waals surface area (Å²) < 4.78 is 0. The van der Waals surface area contributed by atoms with Crippen molar-refractivity contribution >= 4 is 34.1 Å². The molecule has 2 heterocycles. The number of aromatic nitrogens is 1. The van der Waals surface area contributed by atoms with Crippen molar-refractivity contribution in [3.8, 4) is 0 Å². The number of hydrogen-bond acceptors (Lipinski definition) is 4. The number of hydrogen-bond donors (Lipinski definition) is 1. The van der Waals surface area contributed by atoms with Crippen molar-refractivity contribution < 1.29 is 9.59 Å². The molecule has 5 heteroatoms. The van der Waals surface area contributed by atoms with Crippen LogP contribution in [0.3, 0.4) is 0 Å². The van der Waals surface area contributed by atoms with Gasteiger partial charge in [0.15, 0.2) is 0 Å². The third-order valence-electron chi connectivity index (χ3n) is 3.99. The first-order chi connectivity index (χ1) is 9.52.